The van der Waals surface area contributed by atoms with Crippen LogP contribution >= 0.6 is 0 Å². The van der Waals surface area contributed by atoms with Gasteiger partial charge in [-0.05, 0) is 13.3 Å². The van der Waals surface area contributed by atoms with Crippen LogP contribution in [0.25, 0.3) is 0 Å². The molecule has 2 fully saturated rings. The number of carbonyl (C=O) groups excluding carboxylic acids is 1. The van der Waals surface area contributed by atoms with Gasteiger partial charge in [0.25, 0.3) is 0 Å². The molecule has 7 heteroatoms. The number of carboxylic acids is 1. The normalized spacial score (nSPS) is 32.3. The number of nitrogens with zero attached hydrogens (tertiary/aromatic N) is 1. The van der Waals surface area contributed by atoms with E-state index in [-0.39, 0.29) is 24.7 Å². The molecule has 0 aromatic heterocycles. The van der Waals surface area contributed by atoms with Crippen molar-refractivity contribution in [3.63, 3.8) is 0 Å². The van der Waals surface area contributed by atoms with E-state index in [1.165, 1.54) is 4.90 Å². The Hall–Kier alpha value is -1.34. The number of morpholine rings is 1. The topological polar surface area (TPSA) is 88.1 Å². The van der Waals surface area contributed by atoms with Crippen molar-refractivity contribution in [1.82, 2.24) is 10.2 Å². The first kappa shape index (κ1) is 13.1. The monoisotopic (exact) mass is 258 g/mol. The van der Waals surface area contributed by atoms with Crippen molar-refractivity contribution in [2.45, 2.75) is 25.0 Å². The Kier molecular flexibility index (Phi) is 3.72. The average Bonchev–Trinajstić information content (AvgIpc) is 2.76. The standard InChI is InChI=1S/C11H18N2O5/c1-11(2-4-17-7-11)12-10(16)13-3-5-18-8(6-13)9(14)15/h8H,2-7H2,1H3,(H,12,16)(H,14,15). The predicted octanol–water partition coefficient (Wildman–Crippen LogP) is -0.340. The Bertz CT molecular complexity index is 340. The summed E-state index contributed by atoms with van der Waals surface area (Å²) < 4.78 is 10.3. The zero-order valence-electron chi connectivity index (χ0n) is 10.3. The molecule has 0 bridgehead atoms. The Balaban J connectivity index is 1.90. The molecule has 102 valence electrons. The average molecular weight is 258 g/mol. The highest BCUT2D eigenvalue weighted by atomic mass is 16.5. The fourth-order valence-electron chi connectivity index (χ4n) is 2.09. The Morgan fingerprint density at radius 1 is 1.44 bits per heavy atom. The lowest BCUT2D eigenvalue weighted by molar-refractivity contribution is -0.154. The van der Waals surface area contributed by atoms with Crippen LogP contribution in [0.3, 0.4) is 0 Å². The molecule has 2 rings (SSSR count). The molecule has 2 heterocycles. The second-order valence-electron chi connectivity index (χ2n) is 4.94. The largest absolute Gasteiger partial charge is 0.479 e. The lowest BCUT2D eigenvalue weighted by Crippen LogP contribution is -2.56. The lowest BCUT2D eigenvalue weighted by atomic mass is 10.0. The van der Waals surface area contributed by atoms with Gasteiger partial charge in [0.2, 0.25) is 0 Å². The number of nitrogens with one attached hydrogen (secondary N) is 1. The summed E-state index contributed by atoms with van der Waals surface area (Å²) in [5.41, 5.74) is -0.353. The van der Waals surface area contributed by atoms with Crippen molar-refractivity contribution < 1.29 is 24.2 Å². The van der Waals surface area contributed by atoms with E-state index in [1.807, 2.05) is 6.92 Å². The Morgan fingerprint density at radius 2 is 2.22 bits per heavy atom. The summed E-state index contributed by atoms with van der Waals surface area (Å²) in [5, 5.41) is 11.8. The predicted molar refractivity (Wildman–Crippen MR) is 61.3 cm³/mol. The first-order valence-corrected chi connectivity index (χ1v) is 5.99. The first-order valence-electron chi connectivity index (χ1n) is 5.99. The van der Waals surface area contributed by atoms with E-state index in [4.69, 9.17) is 14.6 Å². The molecule has 2 unspecified atom stereocenters. The number of hydrogen-bond acceptors (Lipinski definition) is 4. The van der Waals surface area contributed by atoms with E-state index in [2.05, 4.69) is 5.32 Å². The van der Waals surface area contributed by atoms with Gasteiger partial charge < -0.3 is 24.8 Å². The van der Waals surface area contributed by atoms with Crippen LogP contribution in [-0.4, -0.2) is 66.6 Å². The van der Waals surface area contributed by atoms with Crippen molar-refractivity contribution in [3.8, 4) is 0 Å². The van der Waals surface area contributed by atoms with Crippen LogP contribution < -0.4 is 5.32 Å². The minimum Gasteiger partial charge on any atom is -0.479 e. The van der Waals surface area contributed by atoms with Crippen LogP contribution in [0.2, 0.25) is 0 Å². The van der Waals surface area contributed by atoms with E-state index in [1.54, 1.807) is 0 Å². The molecule has 18 heavy (non-hydrogen) atoms. The van der Waals surface area contributed by atoms with Gasteiger partial charge in [0.15, 0.2) is 6.10 Å². The lowest BCUT2D eigenvalue weighted by Gasteiger charge is -2.34. The maximum Gasteiger partial charge on any atom is 0.334 e. The number of hydrogen-bond donors (Lipinski definition) is 2. The van der Waals surface area contributed by atoms with Gasteiger partial charge in [-0.1, -0.05) is 0 Å². The minimum absolute atomic E-state index is 0.0815. The van der Waals surface area contributed by atoms with Gasteiger partial charge >= 0.3 is 12.0 Å². The zero-order chi connectivity index (χ0) is 13.2. The molecule has 0 aromatic rings. The highest BCUT2D eigenvalue weighted by Gasteiger charge is 2.35. The van der Waals surface area contributed by atoms with Crippen LogP contribution in [-0.2, 0) is 14.3 Å². The van der Waals surface area contributed by atoms with E-state index in [9.17, 15) is 9.59 Å². The smallest absolute Gasteiger partial charge is 0.334 e. The molecule has 0 saturated carbocycles. The van der Waals surface area contributed by atoms with Gasteiger partial charge in [-0.3, -0.25) is 0 Å². The third kappa shape index (κ3) is 2.91. The minimum atomic E-state index is -1.04. The first-order chi connectivity index (χ1) is 8.50. The molecule has 2 aliphatic rings. The number of ether oxygens (including phenoxy) is 2. The molecule has 2 N–H and O–H groups in total. The van der Waals surface area contributed by atoms with Gasteiger partial charge in [-0.15, -0.1) is 0 Å². The van der Waals surface area contributed by atoms with Gasteiger partial charge in [0, 0.05) is 13.2 Å². The van der Waals surface area contributed by atoms with Gasteiger partial charge in [0.05, 0.1) is 25.3 Å². The third-order valence-corrected chi connectivity index (χ3v) is 3.26. The second-order valence-corrected chi connectivity index (χ2v) is 4.94. The summed E-state index contributed by atoms with van der Waals surface area (Å²) in [4.78, 5) is 24.3. The molecule has 2 saturated heterocycles. The SMILES string of the molecule is CC1(NC(=O)N2CCOC(C(=O)O)C2)CCOC1. The highest BCUT2D eigenvalue weighted by Crippen LogP contribution is 2.18. The van der Waals surface area contributed by atoms with E-state index < -0.39 is 12.1 Å². The van der Waals surface area contributed by atoms with Crippen molar-refractivity contribution in [2.24, 2.45) is 0 Å². The maximum absolute atomic E-state index is 12.0. The summed E-state index contributed by atoms with van der Waals surface area (Å²) in [6.07, 6.45) is -0.164. The van der Waals surface area contributed by atoms with Gasteiger partial charge in [-0.2, -0.15) is 0 Å². The van der Waals surface area contributed by atoms with E-state index in [0.29, 0.717) is 19.8 Å². The molecule has 0 aromatic carbocycles. The van der Waals surface area contributed by atoms with Gasteiger partial charge in [0.1, 0.15) is 0 Å². The molecular formula is C11H18N2O5. The zero-order valence-corrected chi connectivity index (χ0v) is 10.3. The molecular weight excluding hydrogens is 240 g/mol. The maximum atomic E-state index is 12.0. The summed E-state index contributed by atoms with van der Waals surface area (Å²) in [6.45, 7) is 3.79. The molecule has 7 nitrogen and oxygen atoms in total. The van der Waals surface area contributed by atoms with Crippen LogP contribution in [0.5, 0.6) is 0 Å². The van der Waals surface area contributed by atoms with E-state index in [0.717, 1.165) is 6.42 Å². The summed E-state index contributed by atoms with van der Waals surface area (Å²) in [7, 11) is 0. The Labute approximate surface area is 105 Å². The molecule has 0 aliphatic carbocycles. The highest BCUT2D eigenvalue weighted by molar-refractivity contribution is 5.78. The van der Waals surface area contributed by atoms with Crippen molar-refractivity contribution in [2.75, 3.05) is 32.9 Å². The Morgan fingerprint density at radius 3 is 2.83 bits per heavy atom. The van der Waals surface area contributed by atoms with Crippen molar-refractivity contribution in [1.29, 1.82) is 0 Å². The van der Waals surface area contributed by atoms with Crippen LogP contribution in [0.15, 0.2) is 0 Å². The molecule has 2 amide bonds. The number of carbonyl (C=O) groups is 2. The number of carboxylic acid groups (broad SMARTS) is 1. The fourth-order valence-corrected chi connectivity index (χ4v) is 2.09. The van der Waals surface area contributed by atoms with Crippen molar-refractivity contribution >= 4 is 12.0 Å². The molecule has 0 spiro atoms. The van der Waals surface area contributed by atoms with Gasteiger partial charge in [-0.25, -0.2) is 9.59 Å². The molecule has 2 atom stereocenters. The second kappa shape index (κ2) is 5.11. The number of rotatable bonds is 2. The fraction of sp³-hybridized carbons (Fsp3) is 0.818. The quantitative estimate of drug-likeness (QED) is 0.707. The van der Waals surface area contributed by atoms with Crippen LogP contribution in [0, 0.1) is 0 Å². The summed E-state index contributed by atoms with van der Waals surface area (Å²) in [6, 6.07) is -0.252. The van der Waals surface area contributed by atoms with Crippen LogP contribution in [0.4, 0.5) is 4.79 Å². The van der Waals surface area contributed by atoms with E-state index >= 15 is 0 Å². The summed E-state index contributed by atoms with van der Waals surface area (Å²) in [5.74, 6) is -1.04. The summed E-state index contributed by atoms with van der Waals surface area (Å²) >= 11 is 0. The molecule has 0 radical (unpaired) electrons. The number of urea groups is 1. The molecule has 2 aliphatic heterocycles. The van der Waals surface area contributed by atoms with Crippen LogP contribution in [0.1, 0.15) is 13.3 Å². The van der Waals surface area contributed by atoms with Crippen molar-refractivity contribution in [3.05, 3.63) is 0 Å². The third-order valence-electron chi connectivity index (χ3n) is 3.26. The number of aliphatic carboxylic acids is 1. The number of amides is 2.